The molecule has 39 heavy (non-hydrogen) atoms. The molecular formula is C21H9F4I2O11S-. The molecule has 2 aromatic rings. The van der Waals surface area contributed by atoms with Crippen LogP contribution in [0.4, 0.5) is 17.6 Å². The Morgan fingerprint density at radius 2 is 1.54 bits per heavy atom. The third-order valence-electron chi connectivity index (χ3n) is 6.29. The largest absolute Gasteiger partial charge is 0.744 e. The van der Waals surface area contributed by atoms with Gasteiger partial charge in [-0.15, -0.1) is 0 Å². The van der Waals surface area contributed by atoms with Crippen LogP contribution in [0.2, 0.25) is 0 Å². The maximum atomic E-state index is 14.4. The topological polar surface area (TPSA) is 166 Å². The number of esters is 3. The van der Waals surface area contributed by atoms with E-state index in [0.717, 1.165) is 0 Å². The zero-order valence-corrected chi connectivity index (χ0v) is 23.5. The predicted octanol–water partition coefficient (Wildman–Crippen LogP) is 2.13. The average molecular weight is 799 g/mol. The molecule has 6 unspecified atom stereocenters. The minimum Gasteiger partial charge on any atom is -0.744 e. The number of benzene rings is 2. The van der Waals surface area contributed by atoms with Gasteiger partial charge in [0, 0.05) is 7.14 Å². The first-order valence-corrected chi connectivity index (χ1v) is 14.0. The molecule has 0 radical (unpaired) electrons. The number of hydrogen-bond donors (Lipinski definition) is 1. The number of halogens is 6. The number of rotatable bonds is 5. The second-order valence-electron chi connectivity index (χ2n) is 8.46. The second kappa shape index (κ2) is 9.66. The molecule has 208 valence electrons. The first-order chi connectivity index (χ1) is 18.1. The number of phenolic OH excluding ortho intramolecular Hbond substituents is 1. The molecular weight excluding hydrogens is 790 g/mol. The van der Waals surface area contributed by atoms with Gasteiger partial charge >= 0.3 is 17.9 Å². The lowest BCUT2D eigenvalue weighted by atomic mass is 9.78. The summed E-state index contributed by atoms with van der Waals surface area (Å²) >= 11 is 3.52. The fourth-order valence-electron chi connectivity index (χ4n) is 4.75. The molecule has 0 aromatic heterocycles. The van der Waals surface area contributed by atoms with Crippen molar-refractivity contribution in [3.63, 3.8) is 0 Å². The van der Waals surface area contributed by atoms with E-state index >= 15 is 0 Å². The number of hydrogen-bond acceptors (Lipinski definition) is 11. The van der Waals surface area contributed by atoms with Crippen LogP contribution >= 0.6 is 45.2 Å². The van der Waals surface area contributed by atoms with Gasteiger partial charge in [-0.2, -0.15) is 8.78 Å². The monoisotopic (exact) mass is 799 g/mol. The summed E-state index contributed by atoms with van der Waals surface area (Å²) in [4.78, 5) is 35.9. The van der Waals surface area contributed by atoms with E-state index < -0.39 is 98.2 Å². The lowest BCUT2D eigenvalue weighted by molar-refractivity contribution is -0.150. The number of phenols is 1. The van der Waals surface area contributed by atoms with E-state index in [-0.39, 0.29) is 11.3 Å². The fraction of sp³-hybridized carbons (Fsp3) is 0.286. The molecule has 6 atom stereocenters. The molecule has 3 aliphatic rings. The van der Waals surface area contributed by atoms with Gasteiger partial charge in [0.15, 0.2) is 23.8 Å². The fourth-order valence-corrected chi connectivity index (χ4v) is 7.54. The number of carbonyl (C=O) groups is 3. The maximum Gasteiger partial charge on any atom is 0.340 e. The van der Waals surface area contributed by atoms with Crippen LogP contribution in [0, 0.1) is 42.2 Å². The van der Waals surface area contributed by atoms with Gasteiger partial charge in [-0.1, -0.05) is 0 Å². The zero-order chi connectivity index (χ0) is 28.7. The summed E-state index contributed by atoms with van der Waals surface area (Å²) in [6.07, 6.45) is -5.17. The minimum absolute atomic E-state index is 0.0280. The summed E-state index contributed by atoms with van der Waals surface area (Å²) in [5, 5.41) is 9.69. The van der Waals surface area contributed by atoms with Crippen LogP contribution in [0.25, 0.3) is 0 Å². The SMILES string of the molecule is O=C(OC1C2OC(=O)C3C2OC1C3C(=O)Oc1c(F)c(F)c(S(=O)(=O)[O-])c(F)c1F)c1c(I)cc(O)cc1I. The van der Waals surface area contributed by atoms with Crippen LogP contribution in [0.15, 0.2) is 17.0 Å². The summed E-state index contributed by atoms with van der Waals surface area (Å²) in [5.74, 6) is -19.1. The summed E-state index contributed by atoms with van der Waals surface area (Å²) in [5.41, 5.74) is 0.0280. The Bertz CT molecular complexity index is 1530. The zero-order valence-electron chi connectivity index (χ0n) is 18.3. The van der Waals surface area contributed by atoms with Gasteiger partial charge in [0.05, 0.1) is 5.56 Å². The third-order valence-corrected chi connectivity index (χ3v) is 8.85. The molecule has 3 saturated heterocycles. The van der Waals surface area contributed by atoms with E-state index in [1.165, 1.54) is 12.1 Å². The van der Waals surface area contributed by atoms with Crippen LogP contribution in [-0.2, 0) is 33.9 Å². The van der Waals surface area contributed by atoms with Crippen molar-refractivity contribution in [1.82, 2.24) is 0 Å². The lowest BCUT2D eigenvalue weighted by Gasteiger charge is -2.27. The second-order valence-corrected chi connectivity index (χ2v) is 12.1. The highest BCUT2D eigenvalue weighted by Gasteiger charge is 2.72. The Morgan fingerprint density at radius 1 is 0.974 bits per heavy atom. The Morgan fingerprint density at radius 3 is 2.08 bits per heavy atom. The highest BCUT2D eigenvalue weighted by atomic mass is 127. The van der Waals surface area contributed by atoms with Crippen LogP contribution in [-0.4, -0.2) is 60.4 Å². The van der Waals surface area contributed by atoms with Gasteiger partial charge in [0.25, 0.3) is 0 Å². The summed E-state index contributed by atoms with van der Waals surface area (Å²) < 4.78 is 111. The van der Waals surface area contributed by atoms with Crippen molar-refractivity contribution >= 4 is 73.2 Å². The van der Waals surface area contributed by atoms with E-state index in [1.807, 2.05) is 0 Å². The van der Waals surface area contributed by atoms with Crippen molar-refractivity contribution in [1.29, 1.82) is 0 Å². The molecule has 0 aliphatic carbocycles. The molecule has 3 fully saturated rings. The number of carbonyl (C=O) groups excluding carboxylic acids is 3. The van der Waals surface area contributed by atoms with Gasteiger partial charge in [-0.25, -0.2) is 22.0 Å². The first kappa shape index (κ1) is 28.2. The van der Waals surface area contributed by atoms with E-state index in [4.69, 9.17) is 14.2 Å². The third kappa shape index (κ3) is 4.43. The highest BCUT2D eigenvalue weighted by Crippen LogP contribution is 2.52. The van der Waals surface area contributed by atoms with Crippen molar-refractivity contribution in [3.05, 3.63) is 48.1 Å². The van der Waals surface area contributed by atoms with Crippen LogP contribution in [0.1, 0.15) is 10.4 Å². The van der Waals surface area contributed by atoms with Crippen molar-refractivity contribution < 1.29 is 69.0 Å². The number of aromatic hydroxyl groups is 1. The van der Waals surface area contributed by atoms with Crippen LogP contribution in [0.3, 0.4) is 0 Å². The molecule has 0 saturated carbocycles. The van der Waals surface area contributed by atoms with Crippen LogP contribution in [0.5, 0.6) is 11.5 Å². The van der Waals surface area contributed by atoms with E-state index in [0.29, 0.717) is 7.14 Å². The molecule has 18 heteroatoms. The van der Waals surface area contributed by atoms with Gasteiger partial charge in [0.1, 0.15) is 44.8 Å². The summed E-state index contributed by atoms with van der Waals surface area (Å²) in [6.45, 7) is 0. The Hall–Kier alpha value is -2.30. The molecule has 1 N–H and O–H groups in total. The molecule has 11 nitrogen and oxygen atoms in total. The van der Waals surface area contributed by atoms with Crippen molar-refractivity contribution in [3.8, 4) is 11.5 Å². The van der Waals surface area contributed by atoms with Crippen molar-refractivity contribution in [2.45, 2.75) is 29.3 Å². The summed E-state index contributed by atoms with van der Waals surface area (Å²) in [6, 6.07) is 2.54. The quantitative estimate of drug-likeness (QED) is 0.118. The van der Waals surface area contributed by atoms with Crippen LogP contribution < -0.4 is 4.74 Å². The molecule has 3 heterocycles. The number of fused-ring (bicyclic) bond motifs is 1. The first-order valence-electron chi connectivity index (χ1n) is 10.4. The minimum atomic E-state index is -6.01. The number of ether oxygens (including phenoxy) is 4. The maximum absolute atomic E-state index is 14.4. The molecule has 0 amide bonds. The van der Waals surface area contributed by atoms with Gasteiger partial charge in [-0.05, 0) is 57.3 Å². The van der Waals surface area contributed by atoms with E-state index in [9.17, 15) is 50.0 Å². The van der Waals surface area contributed by atoms with E-state index in [2.05, 4.69) is 4.74 Å². The molecule has 2 bridgehead atoms. The van der Waals surface area contributed by atoms with Crippen molar-refractivity contribution in [2.75, 3.05) is 0 Å². The van der Waals surface area contributed by atoms with Gasteiger partial charge in [-0.3, -0.25) is 9.59 Å². The average Bonchev–Trinajstić information content (AvgIpc) is 3.43. The molecule has 3 aliphatic heterocycles. The Labute approximate surface area is 241 Å². The molecule has 5 rings (SSSR count). The van der Waals surface area contributed by atoms with Gasteiger partial charge < -0.3 is 28.6 Å². The molecule has 2 aromatic carbocycles. The smallest absolute Gasteiger partial charge is 0.340 e. The Kier molecular flexibility index (Phi) is 7.00. The highest BCUT2D eigenvalue weighted by molar-refractivity contribution is 14.1. The normalized spacial score (nSPS) is 27.0. The predicted molar refractivity (Wildman–Crippen MR) is 128 cm³/mol. The van der Waals surface area contributed by atoms with Crippen molar-refractivity contribution in [2.24, 2.45) is 11.8 Å². The summed E-state index contributed by atoms with van der Waals surface area (Å²) in [7, 11) is -6.01. The molecule has 0 spiro atoms. The lowest BCUT2D eigenvalue weighted by Crippen LogP contribution is -2.48. The van der Waals surface area contributed by atoms with E-state index in [1.54, 1.807) is 45.2 Å². The standard InChI is InChI=1S/C21H10F4I2O11S/c22-9-11(24)18(39(32,33)34)12(25)10(23)15(9)36-20(30)7-8-14-17(38-21(8)31)16(13(7)35-14)37-19(29)6-4(26)1-3(28)2-5(6)27/h1-2,7-8,13-14,16-17,28H,(H,32,33,34)/p-1. The Balaban J connectivity index is 1.45. The van der Waals surface area contributed by atoms with Gasteiger partial charge in [0.2, 0.25) is 17.4 Å².